The first kappa shape index (κ1) is 19.7. The van der Waals surface area contributed by atoms with Gasteiger partial charge in [-0.05, 0) is 61.8 Å². The minimum atomic E-state index is 0.0527. The van der Waals surface area contributed by atoms with Crippen LogP contribution in [0.5, 0.6) is 17.2 Å². The van der Waals surface area contributed by atoms with Crippen LogP contribution in [-0.4, -0.2) is 57.2 Å². The number of fused-ring (bicyclic) bond motifs is 1. The highest BCUT2D eigenvalue weighted by Crippen LogP contribution is 2.31. The van der Waals surface area contributed by atoms with Gasteiger partial charge in [0.15, 0.2) is 17.3 Å². The van der Waals surface area contributed by atoms with Crippen LogP contribution in [0, 0.1) is 0 Å². The van der Waals surface area contributed by atoms with Crippen LogP contribution >= 0.6 is 0 Å². The third-order valence-corrected chi connectivity index (χ3v) is 5.57. The molecular weight excluding hydrogens is 368 g/mol. The topological polar surface area (TPSA) is 60.0 Å². The van der Waals surface area contributed by atoms with Crippen molar-refractivity contribution in [1.82, 2.24) is 10.2 Å². The maximum absolute atomic E-state index is 12.7. The van der Waals surface area contributed by atoms with Crippen LogP contribution in [-0.2, 0) is 0 Å². The molecule has 1 atom stereocenters. The zero-order valence-electron chi connectivity index (χ0n) is 16.9. The number of benzene rings is 2. The Balaban J connectivity index is 1.38. The average Bonchev–Trinajstić information content (AvgIpc) is 3.31. The van der Waals surface area contributed by atoms with Crippen molar-refractivity contribution in [1.29, 1.82) is 0 Å². The van der Waals surface area contributed by atoms with Crippen molar-refractivity contribution in [2.45, 2.75) is 18.9 Å². The van der Waals surface area contributed by atoms with Gasteiger partial charge in [0.05, 0.1) is 13.7 Å². The van der Waals surface area contributed by atoms with Crippen LogP contribution in [0.25, 0.3) is 0 Å². The molecule has 154 valence electrons. The van der Waals surface area contributed by atoms with Gasteiger partial charge in [0, 0.05) is 18.2 Å². The van der Waals surface area contributed by atoms with Crippen LogP contribution in [0.3, 0.4) is 0 Å². The minimum Gasteiger partial charge on any atom is -0.497 e. The highest BCUT2D eigenvalue weighted by atomic mass is 16.6. The highest BCUT2D eigenvalue weighted by molar-refractivity contribution is 5.98. The fraction of sp³-hybridized carbons (Fsp3) is 0.435. The van der Waals surface area contributed by atoms with Gasteiger partial charge in [0.1, 0.15) is 19.0 Å². The predicted octanol–water partition coefficient (Wildman–Crippen LogP) is 3.08. The first-order valence-corrected chi connectivity index (χ1v) is 10.3. The lowest BCUT2D eigenvalue weighted by molar-refractivity contribution is 0.0986. The molecular formula is C23H28N2O4. The molecule has 1 saturated heterocycles. The maximum atomic E-state index is 12.7. The second kappa shape index (κ2) is 9.29. The number of ether oxygens (including phenoxy) is 3. The molecule has 2 aromatic rings. The summed E-state index contributed by atoms with van der Waals surface area (Å²) in [5, 5.41) is 3.37. The molecule has 2 heterocycles. The van der Waals surface area contributed by atoms with Crippen molar-refractivity contribution in [3.05, 3.63) is 53.6 Å². The second-order valence-corrected chi connectivity index (χ2v) is 7.44. The monoisotopic (exact) mass is 396 g/mol. The largest absolute Gasteiger partial charge is 0.497 e. The Morgan fingerprint density at radius 1 is 1.07 bits per heavy atom. The van der Waals surface area contributed by atoms with Gasteiger partial charge in [-0.1, -0.05) is 12.1 Å². The molecule has 2 aromatic carbocycles. The second-order valence-electron chi connectivity index (χ2n) is 7.44. The van der Waals surface area contributed by atoms with Gasteiger partial charge in [0.25, 0.3) is 0 Å². The summed E-state index contributed by atoms with van der Waals surface area (Å²) in [6.45, 7) is 4.26. The van der Waals surface area contributed by atoms with E-state index in [1.165, 1.54) is 18.4 Å². The Morgan fingerprint density at radius 3 is 2.52 bits per heavy atom. The molecule has 4 rings (SSSR count). The number of carbonyl (C=O) groups excluding carboxylic acids is 1. The average molecular weight is 396 g/mol. The summed E-state index contributed by atoms with van der Waals surface area (Å²) in [5.41, 5.74) is 1.89. The van der Waals surface area contributed by atoms with Gasteiger partial charge < -0.3 is 19.5 Å². The number of methoxy groups -OCH3 is 1. The van der Waals surface area contributed by atoms with E-state index in [9.17, 15) is 4.79 Å². The van der Waals surface area contributed by atoms with Gasteiger partial charge in [-0.2, -0.15) is 0 Å². The molecule has 0 aliphatic carbocycles. The van der Waals surface area contributed by atoms with E-state index >= 15 is 0 Å². The van der Waals surface area contributed by atoms with Crippen LogP contribution in [0.1, 0.15) is 34.8 Å². The fourth-order valence-corrected chi connectivity index (χ4v) is 3.98. The number of carbonyl (C=O) groups is 1. The summed E-state index contributed by atoms with van der Waals surface area (Å²) >= 11 is 0. The number of likely N-dealkylation sites (tertiary alicyclic amines) is 1. The van der Waals surface area contributed by atoms with E-state index in [-0.39, 0.29) is 11.8 Å². The van der Waals surface area contributed by atoms with E-state index in [1.807, 2.05) is 18.2 Å². The lowest BCUT2D eigenvalue weighted by Crippen LogP contribution is -2.36. The van der Waals surface area contributed by atoms with Gasteiger partial charge in [-0.25, -0.2) is 0 Å². The molecule has 2 aliphatic heterocycles. The number of ketones is 1. The van der Waals surface area contributed by atoms with Crippen molar-refractivity contribution in [3.8, 4) is 17.2 Å². The molecule has 0 bridgehead atoms. The Hall–Kier alpha value is -2.57. The molecule has 6 nitrogen and oxygen atoms in total. The van der Waals surface area contributed by atoms with Gasteiger partial charge >= 0.3 is 0 Å². The summed E-state index contributed by atoms with van der Waals surface area (Å²) in [5.74, 6) is 2.26. The Morgan fingerprint density at radius 2 is 1.79 bits per heavy atom. The Bertz CT molecular complexity index is 831. The van der Waals surface area contributed by atoms with E-state index in [2.05, 4.69) is 22.3 Å². The van der Waals surface area contributed by atoms with E-state index in [0.29, 0.717) is 36.8 Å². The summed E-state index contributed by atoms with van der Waals surface area (Å²) in [6, 6.07) is 13.9. The molecule has 0 aromatic heterocycles. The lowest BCUT2D eigenvalue weighted by Gasteiger charge is -2.28. The van der Waals surface area contributed by atoms with Crippen molar-refractivity contribution in [3.63, 3.8) is 0 Å². The summed E-state index contributed by atoms with van der Waals surface area (Å²) in [7, 11) is 1.68. The smallest absolute Gasteiger partial charge is 0.176 e. The van der Waals surface area contributed by atoms with Crippen molar-refractivity contribution in [2.75, 3.05) is 46.5 Å². The third-order valence-electron chi connectivity index (χ3n) is 5.57. The zero-order chi connectivity index (χ0) is 20.1. The van der Waals surface area contributed by atoms with Crippen molar-refractivity contribution >= 4 is 5.78 Å². The minimum absolute atomic E-state index is 0.0527. The van der Waals surface area contributed by atoms with Crippen molar-refractivity contribution < 1.29 is 19.0 Å². The molecule has 2 aliphatic rings. The molecule has 1 fully saturated rings. The quantitative estimate of drug-likeness (QED) is 0.692. The van der Waals surface area contributed by atoms with Gasteiger partial charge in [-0.3, -0.25) is 9.69 Å². The standard InChI is InChI=1S/C23H28N2O4/c1-27-19-7-4-17(5-8-19)20(25-10-2-3-11-25)15-24-16-21(26)18-6-9-22-23(14-18)29-13-12-28-22/h4-9,14,20,24H,2-3,10-13,15-16H2,1H3. The first-order chi connectivity index (χ1) is 14.2. The van der Waals surface area contributed by atoms with E-state index in [1.54, 1.807) is 19.2 Å². The molecule has 29 heavy (non-hydrogen) atoms. The van der Waals surface area contributed by atoms with Crippen LogP contribution in [0.15, 0.2) is 42.5 Å². The summed E-state index contributed by atoms with van der Waals surface area (Å²) in [6.07, 6.45) is 2.45. The Kier molecular flexibility index (Phi) is 6.32. The molecule has 0 radical (unpaired) electrons. The zero-order valence-corrected chi connectivity index (χ0v) is 16.9. The fourth-order valence-electron chi connectivity index (χ4n) is 3.98. The predicted molar refractivity (Wildman–Crippen MR) is 111 cm³/mol. The Labute approximate surface area is 171 Å². The molecule has 6 heteroatoms. The van der Waals surface area contributed by atoms with E-state index in [0.717, 1.165) is 25.4 Å². The number of hydrogen-bond donors (Lipinski definition) is 1. The number of hydrogen-bond acceptors (Lipinski definition) is 6. The van der Waals surface area contributed by atoms with Gasteiger partial charge in [-0.15, -0.1) is 0 Å². The molecule has 0 spiro atoms. The van der Waals surface area contributed by atoms with Crippen LogP contribution < -0.4 is 19.5 Å². The summed E-state index contributed by atoms with van der Waals surface area (Å²) < 4.78 is 16.4. The molecule has 0 saturated carbocycles. The number of nitrogens with one attached hydrogen (secondary N) is 1. The lowest BCUT2D eigenvalue weighted by atomic mass is 10.0. The van der Waals surface area contributed by atoms with Crippen molar-refractivity contribution in [2.24, 2.45) is 0 Å². The highest BCUT2D eigenvalue weighted by Gasteiger charge is 2.23. The SMILES string of the molecule is COc1ccc(C(CNCC(=O)c2ccc3c(c2)OCCO3)N2CCCC2)cc1. The third kappa shape index (κ3) is 4.71. The maximum Gasteiger partial charge on any atom is 0.176 e. The van der Waals surface area contributed by atoms with Crippen LogP contribution in [0.2, 0.25) is 0 Å². The number of nitrogens with zero attached hydrogens (tertiary/aromatic N) is 1. The first-order valence-electron chi connectivity index (χ1n) is 10.3. The number of rotatable bonds is 8. The van der Waals surface area contributed by atoms with Crippen LogP contribution in [0.4, 0.5) is 0 Å². The van der Waals surface area contributed by atoms with E-state index < -0.39 is 0 Å². The summed E-state index contributed by atoms with van der Waals surface area (Å²) in [4.78, 5) is 15.2. The molecule has 1 N–H and O–H groups in total. The normalized spacial score (nSPS) is 17.1. The number of Topliss-reactive ketones (excluding diaryl/α,β-unsaturated/α-hetero) is 1. The molecule has 0 amide bonds. The van der Waals surface area contributed by atoms with Gasteiger partial charge in [0.2, 0.25) is 0 Å². The van der Waals surface area contributed by atoms with E-state index in [4.69, 9.17) is 14.2 Å². The molecule has 1 unspecified atom stereocenters.